The van der Waals surface area contributed by atoms with Crippen LogP contribution >= 0.6 is 0 Å². The molecule has 1 unspecified atom stereocenters. The number of nitro benzene ring substituents is 1. The van der Waals surface area contributed by atoms with Gasteiger partial charge in [0, 0.05) is 22.9 Å². The highest BCUT2D eigenvalue weighted by molar-refractivity contribution is 6.04. The van der Waals surface area contributed by atoms with Crippen molar-refractivity contribution in [2.45, 2.75) is 20.0 Å². The molecule has 2 N–H and O–H groups in total. The maximum absolute atomic E-state index is 12.1. The zero-order valence-electron chi connectivity index (χ0n) is 12.2. The van der Waals surface area contributed by atoms with Crippen molar-refractivity contribution in [3.8, 4) is 0 Å². The number of aliphatic hydroxyl groups is 1. The summed E-state index contributed by atoms with van der Waals surface area (Å²) in [6, 6.07) is 11.1. The topological polar surface area (TPSA) is 92.5 Å². The van der Waals surface area contributed by atoms with Gasteiger partial charge in [0.25, 0.3) is 11.6 Å². The van der Waals surface area contributed by atoms with Gasteiger partial charge in [-0.05, 0) is 37.6 Å². The summed E-state index contributed by atoms with van der Waals surface area (Å²) in [6.07, 6.45) is -0.579. The lowest BCUT2D eigenvalue weighted by Gasteiger charge is -2.08. The molecule has 1 atom stereocenters. The lowest BCUT2D eigenvalue weighted by Crippen LogP contribution is -2.12. The summed E-state index contributed by atoms with van der Waals surface area (Å²) >= 11 is 0. The van der Waals surface area contributed by atoms with Crippen LogP contribution in [0.25, 0.3) is 0 Å². The van der Waals surface area contributed by atoms with E-state index >= 15 is 0 Å². The first-order chi connectivity index (χ1) is 10.4. The summed E-state index contributed by atoms with van der Waals surface area (Å²) in [5.41, 5.74) is 1.93. The molecule has 0 aromatic heterocycles. The fraction of sp³-hybridized carbons (Fsp3) is 0.188. The van der Waals surface area contributed by atoms with Crippen LogP contribution in [-0.2, 0) is 0 Å². The van der Waals surface area contributed by atoms with Gasteiger partial charge in [0.15, 0.2) is 0 Å². The number of aryl methyl sites for hydroxylation is 1. The third kappa shape index (κ3) is 3.48. The van der Waals surface area contributed by atoms with E-state index in [0.717, 1.165) is 5.56 Å². The van der Waals surface area contributed by atoms with Gasteiger partial charge < -0.3 is 10.4 Å². The number of hydrogen-bond donors (Lipinski definition) is 2. The van der Waals surface area contributed by atoms with Crippen LogP contribution in [0.3, 0.4) is 0 Å². The largest absolute Gasteiger partial charge is 0.389 e. The fourth-order valence-corrected chi connectivity index (χ4v) is 2.00. The molecule has 6 nitrogen and oxygen atoms in total. The highest BCUT2D eigenvalue weighted by atomic mass is 16.6. The normalized spacial score (nSPS) is 11.8. The highest BCUT2D eigenvalue weighted by Gasteiger charge is 2.15. The van der Waals surface area contributed by atoms with E-state index in [4.69, 9.17) is 0 Å². The first kappa shape index (κ1) is 15.7. The molecule has 6 heteroatoms. The third-order valence-electron chi connectivity index (χ3n) is 3.32. The van der Waals surface area contributed by atoms with Gasteiger partial charge in [-0.3, -0.25) is 14.9 Å². The van der Waals surface area contributed by atoms with E-state index in [2.05, 4.69) is 5.32 Å². The lowest BCUT2D eigenvalue weighted by atomic mass is 10.1. The Morgan fingerprint density at radius 1 is 1.23 bits per heavy atom. The zero-order chi connectivity index (χ0) is 16.3. The number of nitro groups is 1. The van der Waals surface area contributed by atoms with Gasteiger partial charge in [-0.15, -0.1) is 0 Å². The van der Waals surface area contributed by atoms with Crippen molar-refractivity contribution in [1.82, 2.24) is 0 Å². The molecule has 2 rings (SSSR count). The minimum Gasteiger partial charge on any atom is -0.389 e. The number of rotatable bonds is 4. The zero-order valence-corrected chi connectivity index (χ0v) is 12.2. The van der Waals surface area contributed by atoms with Gasteiger partial charge in [0.05, 0.1) is 11.0 Å². The quantitative estimate of drug-likeness (QED) is 0.670. The molecule has 2 aromatic carbocycles. The number of carbonyl (C=O) groups excluding carboxylic acids is 1. The van der Waals surface area contributed by atoms with Gasteiger partial charge in [0.1, 0.15) is 0 Å². The molecule has 0 aliphatic rings. The van der Waals surface area contributed by atoms with Crippen LogP contribution in [0.1, 0.15) is 34.5 Å². The first-order valence-electron chi connectivity index (χ1n) is 6.73. The summed E-state index contributed by atoms with van der Waals surface area (Å²) in [6.45, 7) is 3.27. The van der Waals surface area contributed by atoms with E-state index in [1.54, 1.807) is 50.2 Å². The molecule has 0 fully saturated rings. The average molecular weight is 300 g/mol. The molecule has 0 bridgehead atoms. The van der Waals surface area contributed by atoms with Crippen LogP contribution in [-0.4, -0.2) is 15.9 Å². The number of carbonyl (C=O) groups is 1. The second kappa shape index (κ2) is 6.36. The molecule has 0 saturated heterocycles. The molecule has 0 saturated carbocycles. The summed E-state index contributed by atoms with van der Waals surface area (Å²) in [5, 5.41) is 23.0. The molecule has 22 heavy (non-hydrogen) atoms. The van der Waals surface area contributed by atoms with Crippen LogP contribution in [0.15, 0.2) is 42.5 Å². The Morgan fingerprint density at radius 2 is 1.86 bits per heavy atom. The van der Waals surface area contributed by atoms with Crippen LogP contribution in [0, 0.1) is 17.0 Å². The molecular weight excluding hydrogens is 284 g/mol. The second-order valence-corrected chi connectivity index (χ2v) is 5.01. The number of hydrogen-bond acceptors (Lipinski definition) is 4. The molecule has 0 spiro atoms. The highest BCUT2D eigenvalue weighted by Crippen LogP contribution is 2.21. The van der Waals surface area contributed by atoms with E-state index in [-0.39, 0.29) is 11.3 Å². The van der Waals surface area contributed by atoms with E-state index < -0.39 is 16.9 Å². The van der Waals surface area contributed by atoms with Crippen LogP contribution in [0.2, 0.25) is 0 Å². The average Bonchev–Trinajstić information content (AvgIpc) is 2.47. The second-order valence-electron chi connectivity index (χ2n) is 5.01. The van der Waals surface area contributed by atoms with Crippen LogP contribution in [0.5, 0.6) is 0 Å². The number of amides is 1. The Hall–Kier alpha value is -2.73. The van der Waals surface area contributed by atoms with Crippen molar-refractivity contribution >= 4 is 17.3 Å². The van der Waals surface area contributed by atoms with Gasteiger partial charge in [-0.25, -0.2) is 0 Å². The van der Waals surface area contributed by atoms with E-state index in [9.17, 15) is 20.0 Å². The summed E-state index contributed by atoms with van der Waals surface area (Å²) in [4.78, 5) is 22.5. The Morgan fingerprint density at radius 3 is 2.41 bits per heavy atom. The molecule has 1 amide bonds. The molecule has 0 aliphatic heterocycles. The Bertz CT molecular complexity index is 709. The summed E-state index contributed by atoms with van der Waals surface area (Å²) in [5.74, 6) is -0.423. The standard InChI is InChI=1S/C16H16N2O4/c1-10-3-4-13(9-15(10)18(21)22)16(20)17-14-7-5-12(6-8-14)11(2)19/h3-9,11,19H,1-2H3,(H,17,20). The smallest absolute Gasteiger partial charge is 0.273 e. The first-order valence-corrected chi connectivity index (χ1v) is 6.73. The van der Waals surface area contributed by atoms with Crippen molar-refractivity contribution in [2.75, 3.05) is 5.32 Å². The minimum atomic E-state index is -0.579. The molecular formula is C16H16N2O4. The van der Waals surface area contributed by atoms with E-state index in [1.165, 1.54) is 6.07 Å². The van der Waals surface area contributed by atoms with Crippen molar-refractivity contribution in [3.05, 3.63) is 69.3 Å². The Balaban J connectivity index is 2.18. The van der Waals surface area contributed by atoms with Crippen molar-refractivity contribution in [1.29, 1.82) is 0 Å². The van der Waals surface area contributed by atoms with Gasteiger partial charge in [0.2, 0.25) is 0 Å². The number of nitrogens with zero attached hydrogens (tertiary/aromatic N) is 1. The minimum absolute atomic E-state index is 0.0860. The summed E-state index contributed by atoms with van der Waals surface area (Å²) < 4.78 is 0. The Labute approximate surface area is 127 Å². The number of nitrogens with one attached hydrogen (secondary N) is 1. The van der Waals surface area contributed by atoms with Gasteiger partial charge in [-0.1, -0.05) is 18.2 Å². The summed E-state index contributed by atoms with van der Waals surface area (Å²) in [7, 11) is 0. The Kier molecular flexibility index (Phi) is 4.53. The van der Waals surface area contributed by atoms with Gasteiger partial charge in [-0.2, -0.15) is 0 Å². The number of anilines is 1. The number of aliphatic hydroxyl groups excluding tert-OH is 1. The maximum atomic E-state index is 12.1. The molecule has 0 heterocycles. The van der Waals surface area contributed by atoms with Crippen molar-refractivity contribution in [3.63, 3.8) is 0 Å². The SMILES string of the molecule is Cc1ccc(C(=O)Nc2ccc(C(C)O)cc2)cc1[N+](=O)[O-]. The maximum Gasteiger partial charge on any atom is 0.273 e. The predicted octanol–water partition coefficient (Wildman–Crippen LogP) is 3.21. The fourth-order valence-electron chi connectivity index (χ4n) is 2.00. The van der Waals surface area contributed by atoms with Crippen LogP contribution < -0.4 is 5.32 Å². The van der Waals surface area contributed by atoms with Crippen LogP contribution in [0.4, 0.5) is 11.4 Å². The lowest BCUT2D eigenvalue weighted by molar-refractivity contribution is -0.385. The number of benzene rings is 2. The van der Waals surface area contributed by atoms with Crippen molar-refractivity contribution < 1.29 is 14.8 Å². The monoisotopic (exact) mass is 300 g/mol. The molecule has 0 aliphatic carbocycles. The van der Waals surface area contributed by atoms with E-state index in [0.29, 0.717) is 11.3 Å². The van der Waals surface area contributed by atoms with Crippen molar-refractivity contribution in [2.24, 2.45) is 0 Å². The van der Waals surface area contributed by atoms with Gasteiger partial charge >= 0.3 is 0 Å². The molecule has 2 aromatic rings. The molecule has 0 radical (unpaired) electrons. The predicted molar refractivity (Wildman–Crippen MR) is 82.9 cm³/mol. The van der Waals surface area contributed by atoms with E-state index in [1.807, 2.05) is 0 Å². The molecule has 114 valence electrons. The third-order valence-corrected chi connectivity index (χ3v) is 3.32.